The highest BCUT2D eigenvalue weighted by Gasteiger charge is 2.26. The minimum Gasteiger partial charge on any atom is -0.377 e. The standard InChI is InChI=1S/C12H24N2O/c1-9(12-3-2-8-15-12)14-11-6-4-10(13)5-7-11/h9-12,14H,2-8,13H2,1H3. The van der Waals surface area contributed by atoms with Gasteiger partial charge in [0.1, 0.15) is 0 Å². The molecule has 2 unspecified atom stereocenters. The average Bonchev–Trinajstić information content (AvgIpc) is 2.74. The molecule has 0 aromatic carbocycles. The van der Waals surface area contributed by atoms with Gasteiger partial charge in [0.2, 0.25) is 0 Å². The van der Waals surface area contributed by atoms with Crippen LogP contribution in [0.4, 0.5) is 0 Å². The molecule has 0 radical (unpaired) electrons. The van der Waals surface area contributed by atoms with Crippen LogP contribution < -0.4 is 11.1 Å². The van der Waals surface area contributed by atoms with Crippen LogP contribution in [0.15, 0.2) is 0 Å². The first-order valence-electron chi connectivity index (χ1n) is 6.39. The Morgan fingerprint density at radius 3 is 2.53 bits per heavy atom. The van der Waals surface area contributed by atoms with Gasteiger partial charge in [-0.1, -0.05) is 0 Å². The summed E-state index contributed by atoms with van der Waals surface area (Å²) in [6, 6.07) is 1.62. The van der Waals surface area contributed by atoms with Crippen molar-refractivity contribution in [2.45, 2.75) is 69.7 Å². The van der Waals surface area contributed by atoms with Crippen molar-refractivity contribution < 1.29 is 4.74 Å². The van der Waals surface area contributed by atoms with E-state index in [1.54, 1.807) is 0 Å². The molecule has 1 saturated carbocycles. The number of nitrogens with one attached hydrogen (secondary N) is 1. The molecule has 0 bridgehead atoms. The summed E-state index contributed by atoms with van der Waals surface area (Å²) in [5, 5.41) is 3.70. The maximum absolute atomic E-state index is 5.90. The summed E-state index contributed by atoms with van der Waals surface area (Å²) < 4.78 is 5.69. The van der Waals surface area contributed by atoms with E-state index < -0.39 is 0 Å². The lowest BCUT2D eigenvalue weighted by Crippen LogP contribution is -2.46. The molecule has 3 N–H and O–H groups in total. The maximum Gasteiger partial charge on any atom is 0.0726 e. The second-order valence-corrected chi connectivity index (χ2v) is 5.12. The molecule has 1 aliphatic heterocycles. The smallest absolute Gasteiger partial charge is 0.0726 e. The van der Waals surface area contributed by atoms with Crippen LogP contribution in [-0.2, 0) is 4.74 Å². The molecule has 1 heterocycles. The van der Waals surface area contributed by atoms with Crippen molar-refractivity contribution >= 4 is 0 Å². The zero-order valence-electron chi connectivity index (χ0n) is 9.74. The van der Waals surface area contributed by atoms with Gasteiger partial charge in [-0.05, 0) is 45.4 Å². The first-order chi connectivity index (χ1) is 7.25. The molecular formula is C12H24N2O. The van der Waals surface area contributed by atoms with Crippen LogP contribution in [0.25, 0.3) is 0 Å². The van der Waals surface area contributed by atoms with Crippen LogP contribution in [-0.4, -0.2) is 30.8 Å². The van der Waals surface area contributed by atoms with Crippen molar-refractivity contribution in [1.29, 1.82) is 0 Å². The molecule has 2 aliphatic rings. The van der Waals surface area contributed by atoms with Crippen LogP contribution in [0.3, 0.4) is 0 Å². The Labute approximate surface area is 92.7 Å². The Morgan fingerprint density at radius 2 is 1.93 bits per heavy atom. The van der Waals surface area contributed by atoms with Gasteiger partial charge in [-0.25, -0.2) is 0 Å². The van der Waals surface area contributed by atoms with Gasteiger partial charge in [0.25, 0.3) is 0 Å². The van der Waals surface area contributed by atoms with Gasteiger partial charge >= 0.3 is 0 Å². The molecule has 1 aliphatic carbocycles. The number of hydrogen-bond acceptors (Lipinski definition) is 3. The van der Waals surface area contributed by atoms with E-state index in [-0.39, 0.29) is 0 Å². The summed E-state index contributed by atoms with van der Waals surface area (Å²) in [5.41, 5.74) is 5.90. The number of rotatable bonds is 3. The second kappa shape index (κ2) is 5.28. The van der Waals surface area contributed by atoms with Crippen molar-refractivity contribution in [3.05, 3.63) is 0 Å². The third kappa shape index (κ3) is 3.16. The summed E-state index contributed by atoms with van der Waals surface area (Å²) in [4.78, 5) is 0. The zero-order valence-corrected chi connectivity index (χ0v) is 9.74. The Kier molecular flexibility index (Phi) is 4.00. The third-order valence-corrected chi connectivity index (χ3v) is 3.79. The highest BCUT2D eigenvalue weighted by atomic mass is 16.5. The SMILES string of the molecule is CC(NC1CCC(N)CC1)C1CCCO1. The third-order valence-electron chi connectivity index (χ3n) is 3.79. The van der Waals surface area contributed by atoms with E-state index in [4.69, 9.17) is 10.5 Å². The summed E-state index contributed by atoms with van der Waals surface area (Å²) in [5.74, 6) is 0. The van der Waals surface area contributed by atoms with Crippen molar-refractivity contribution in [3.63, 3.8) is 0 Å². The van der Waals surface area contributed by atoms with E-state index in [0.717, 1.165) is 6.61 Å². The Hall–Kier alpha value is -0.120. The first-order valence-corrected chi connectivity index (χ1v) is 6.39. The fraction of sp³-hybridized carbons (Fsp3) is 1.00. The normalized spacial score (nSPS) is 39.2. The van der Waals surface area contributed by atoms with Gasteiger partial charge in [0.05, 0.1) is 6.10 Å². The fourth-order valence-corrected chi connectivity index (χ4v) is 2.76. The van der Waals surface area contributed by atoms with Gasteiger partial charge in [-0.3, -0.25) is 0 Å². The molecule has 0 amide bonds. The molecule has 0 spiro atoms. The van der Waals surface area contributed by atoms with Crippen LogP contribution in [0, 0.1) is 0 Å². The minimum atomic E-state index is 0.445. The Bertz CT molecular complexity index is 184. The number of hydrogen-bond donors (Lipinski definition) is 2. The molecule has 0 aromatic rings. The van der Waals surface area contributed by atoms with E-state index in [9.17, 15) is 0 Å². The summed E-state index contributed by atoms with van der Waals surface area (Å²) in [7, 11) is 0. The Balaban J connectivity index is 1.71. The van der Waals surface area contributed by atoms with Gasteiger partial charge in [0, 0.05) is 24.7 Å². The minimum absolute atomic E-state index is 0.445. The summed E-state index contributed by atoms with van der Waals surface area (Å²) in [6.07, 6.45) is 7.72. The van der Waals surface area contributed by atoms with Crippen molar-refractivity contribution in [2.24, 2.45) is 5.73 Å². The van der Waals surface area contributed by atoms with Crippen LogP contribution in [0.1, 0.15) is 45.4 Å². The van der Waals surface area contributed by atoms with Gasteiger partial charge in [-0.15, -0.1) is 0 Å². The lowest BCUT2D eigenvalue weighted by atomic mass is 9.91. The number of ether oxygens (including phenoxy) is 1. The highest BCUT2D eigenvalue weighted by molar-refractivity contribution is 4.84. The zero-order chi connectivity index (χ0) is 10.7. The van der Waals surface area contributed by atoms with Crippen molar-refractivity contribution in [2.75, 3.05) is 6.61 Å². The van der Waals surface area contributed by atoms with Gasteiger partial charge in [-0.2, -0.15) is 0 Å². The maximum atomic E-state index is 5.90. The molecule has 2 atom stereocenters. The highest BCUT2D eigenvalue weighted by Crippen LogP contribution is 2.20. The molecular weight excluding hydrogens is 188 g/mol. The molecule has 2 rings (SSSR count). The van der Waals surface area contributed by atoms with Crippen LogP contribution in [0.5, 0.6) is 0 Å². The van der Waals surface area contributed by atoms with E-state index in [1.807, 2.05) is 0 Å². The van der Waals surface area contributed by atoms with Crippen LogP contribution in [0.2, 0.25) is 0 Å². The predicted octanol–water partition coefficient (Wildman–Crippen LogP) is 1.41. The largest absolute Gasteiger partial charge is 0.377 e. The molecule has 3 nitrogen and oxygen atoms in total. The fourth-order valence-electron chi connectivity index (χ4n) is 2.76. The molecule has 2 fully saturated rings. The van der Waals surface area contributed by atoms with E-state index >= 15 is 0 Å². The van der Waals surface area contributed by atoms with Gasteiger partial charge in [0.15, 0.2) is 0 Å². The average molecular weight is 212 g/mol. The quantitative estimate of drug-likeness (QED) is 0.743. The molecule has 15 heavy (non-hydrogen) atoms. The molecule has 0 aromatic heterocycles. The molecule has 3 heteroatoms. The second-order valence-electron chi connectivity index (χ2n) is 5.12. The molecule has 1 saturated heterocycles. The predicted molar refractivity (Wildman–Crippen MR) is 61.8 cm³/mol. The summed E-state index contributed by atoms with van der Waals surface area (Å²) in [6.45, 7) is 3.21. The van der Waals surface area contributed by atoms with E-state index in [2.05, 4.69) is 12.2 Å². The van der Waals surface area contributed by atoms with E-state index in [1.165, 1.54) is 38.5 Å². The lowest BCUT2D eigenvalue weighted by molar-refractivity contribution is 0.0772. The van der Waals surface area contributed by atoms with Gasteiger partial charge < -0.3 is 15.8 Å². The van der Waals surface area contributed by atoms with Crippen molar-refractivity contribution in [1.82, 2.24) is 5.32 Å². The lowest BCUT2D eigenvalue weighted by Gasteiger charge is -2.31. The van der Waals surface area contributed by atoms with E-state index in [0.29, 0.717) is 24.2 Å². The monoisotopic (exact) mass is 212 g/mol. The first kappa shape index (κ1) is 11.4. The molecule has 88 valence electrons. The van der Waals surface area contributed by atoms with Crippen molar-refractivity contribution in [3.8, 4) is 0 Å². The van der Waals surface area contributed by atoms with Crippen LogP contribution >= 0.6 is 0 Å². The Morgan fingerprint density at radius 1 is 1.20 bits per heavy atom. The number of nitrogens with two attached hydrogens (primary N) is 1. The summed E-state index contributed by atoms with van der Waals surface area (Å²) >= 11 is 0. The topological polar surface area (TPSA) is 47.3 Å².